The Morgan fingerprint density at radius 3 is 1.78 bits per heavy atom. The van der Waals surface area contributed by atoms with Crippen molar-refractivity contribution in [2.24, 2.45) is 0 Å². The first-order valence-corrected chi connectivity index (χ1v) is 14.3. The number of benzene rings is 1. The molecule has 0 bridgehead atoms. The molecule has 2 aromatic rings. The highest BCUT2D eigenvalue weighted by atomic mass is 31.2. The molecule has 0 aliphatic heterocycles. The van der Waals surface area contributed by atoms with Crippen LogP contribution < -0.4 is 0 Å². The van der Waals surface area contributed by atoms with Gasteiger partial charge in [0.05, 0.1) is 39.2 Å². The molecule has 0 N–H and O–H groups in total. The Balaban J connectivity index is 2.39. The summed E-state index contributed by atoms with van der Waals surface area (Å²) in [5.74, 6) is 0. The van der Waals surface area contributed by atoms with Crippen LogP contribution in [0.3, 0.4) is 0 Å². The van der Waals surface area contributed by atoms with Crippen molar-refractivity contribution < 1.29 is 27.2 Å². The van der Waals surface area contributed by atoms with E-state index in [-0.39, 0.29) is 33.0 Å². The van der Waals surface area contributed by atoms with Gasteiger partial charge in [-0.05, 0) is 39.7 Å². The van der Waals surface area contributed by atoms with Gasteiger partial charge in [0, 0.05) is 5.56 Å². The highest BCUT2D eigenvalue weighted by Gasteiger charge is 2.51. The Labute approximate surface area is 190 Å². The van der Waals surface area contributed by atoms with Gasteiger partial charge in [-0.1, -0.05) is 42.8 Å². The van der Waals surface area contributed by atoms with Gasteiger partial charge in [-0.15, -0.1) is 5.10 Å². The quantitative estimate of drug-likeness (QED) is 0.293. The zero-order valence-electron chi connectivity index (χ0n) is 19.6. The van der Waals surface area contributed by atoms with Gasteiger partial charge < -0.3 is 18.1 Å². The van der Waals surface area contributed by atoms with Crippen LogP contribution in [0.4, 0.5) is 0 Å². The molecule has 0 spiro atoms. The van der Waals surface area contributed by atoms with Crippen LogP contribution in [-0.4, -0.2) is 46.8 Å². The Hall–Kier alpha value is -1.34. The Morgan fingerprint density at radius 1 is 0.844 bits per heavy atom. The van der Waals surface area contributed by atoms with E-state index in [1.54, 1.807) is 33.9 Å². The average Bonchev–Trinajstić information content (AvgIpc) is 3.22. The molecule has 0 amide bonds. The lowest BCUT2D eigenvalue weighted by atomic mass is 10.1. The van der Waals surface area contributed by atoms with Crippen molar-refractivity contribution >= 4 is 15.2 Å². The standard InChI is InChI=1S/C21H35N3O6P2/c1-6-11-18-12-14-19(15-13-18)20-16-24(23-22-20)17-21(31(25,27-7-2)28-8-3)32(26,29-9-4)30-10-5/h12-16,21H,6-11,17H2,1-5H3. The van der Waals surface area contributed by atoms with Crippen molar-refractivity contribution in [2.75, 3.05) is 26.4 Å². The summed E-state index contributed by atoms with van der Waals surface area (Å²) in [7, 11) is -7.71. The molecular formula is C21H35N3O6P2. The zero-order chi connectivity index (χ0) is 23.6. The normalized spacial score (nSPS) is 12.6. The van der Waals surface area contributed by atoms with Crippen molar-refractivity contribution in [3.05, 3.63) is 36.0 Å². The van der Waals surface area contributed by atoms with Crippen molar-refractivity contribution in [1.29, 1.82) is 0 Å². The fourth-order valence-corrected chi connectivity index (χ4v) is 8.53. The molecule has 1 aromatic heterocycles. The molecule has 0 unspecified atom stereocenters. The Morgan fingerprint density at radius 2 is 1.34 bits per heavy atom. The van der Waals surface area contributed by atoms with Gasteiger partial charge in [0.15, 0.2) is 5.40 Å². The molecule has 1 heterocycles. The van der Waals surface area contributed by atoms with E-state index in [0.717, 1.165) is 18.4 Å². The molecule has 2 rings (SSSR count). The lowest BCUT2D eigenvalue weighted by Crippen LogP contribution is -2.23. The van der Waals surface area contributed by atoms with Crippen LogP contribution in [0.2, 0.25) is 0 Å². The number of aryl methyl sites for hydroxylation is 1. The number of hydrogen-bond acceptors (Lipinski definition) is 8. The first kappa shape index (κ1) is 26.9. The molecule has 0 fully saturated rings. The second-order valence-electron chi connectivity index (χ2n) is 7.00. The highest BCUT2D eigenvalue weighted by Crippen LogP contribution is 2.70. The molecular weight excluding hydrogens is 452 g/mol. The smallest absolute Gasteiger partial charge is 0.308 e. The minimum absolute atomic E-state index is 0.0600. The molecule has 9 nitrogen and oxygen atoms in total. The summed E-state index contributed by atoms with van der Waals surface area (Å²) in [6.45, 7) is 9.37. The summed E-state index contributed by atoms with van der Waals surface area (Å²) in [6, 6.07) is 8.12. The van der Waals surface area contributed by atoms with Crippen LogP contribution in [0.25, 0.3) is 11.3 Å². The molecule has 11 heteroatoms. The summed E-state index contributed by atoms with van der Waals surface area (Å²) in [4.78, 5) is 0. The first-order chi connectivity index (χ1) is 15.4. The van der Waals surface area contributed by atoms with Crippen molar-refractivity contribution in [2.45, 2.75) is 59.4 Å². The van der Waals surface area contributed by atoms with Gasteiger partial charge in [0.1, 0.15) is 5.69 Å². The van der Waals surface area contributed by atoms with E-state index in [9.17, 15) is 9.13 Å². The average molecular weight is 487 g/mol. The van der Waals surface area contributed by atoms with Crippen LogP contribution >= 0.6 is 15.2 Å². The monoisotopic (exact) mass is 487 g/mol. The molecule has 0 atom stereocenters. The minimum Gasteiger partial charge on any atom is -0.308 e. The fourth-order valence-electron chi connectivity index (χ4n) is 3.33. The van der Waals surface area contributed by atoms with Crippen LogP contribution in [0.5, 0.6) is 0 Å². The van der Waals surface area contributed by atoms with Gasteiger partial charge in [-0.2, -0.15) is 0 Å². The lowest BCUT2D eigenvalue weighted by Gasteiger charge is -2.31. The van der Waals surface area contributed by atoms with E-state index in [4.69, 9.17) is 18.1 Å². The molecule has 0 aliphatic carbocycles. The van der Waals surface area contributed by atoms with E-state index >= 15 is 0 Å². The minimum atomic E-state index is -3.85. The maximum Gasteiger partial charge on any atom is 0.347 e. The molecule has 1 aromatic carbocycles. The van der Waals surface area contributed by atoms with E-state index in [0.29, 0.717) is 5.69 Å². The maximum atomic E-state index is 13.7. The molecule has 180 valence electrons. The first-order valence-electron chi connectivity index (χ1n) is 11.1. The number of aromatic nitrogens is 3. The maximum absolute atomic E-state index is 13.7. The van der Waals surface area contributed by atoms with Crippen LogP contribution in [0, 0.1) is 0 Å². The lowest BCUT2D eigenvalue weighted by molar-refractivity contribution is 0.191. The van der Waals surface area contributed by atoms with Crippen LogP contribution in [0.15, 0.2) is 30.5 Å². The number of nitrogens with zero attached hydrogens (tertiary/aromatic N) is 3. The van der Waals surface area contributed by atoms with Gasteiger partial charge >= 0.3 is 15.2 Å². The van der Waals surface area contributed by atoms with E-state index in [1.165, 1.54) is 10.2 Å². The SMILES string of the molecule is CCCc1ccc(-c2cn(CC(P(=O)(OCC)OCC)P(=O)(OCC)OCC)nn2)cc1. The van der Waals surface area contributed by atoms with Crippen molar-refractivity contribution in [3.63, 3.8) is 0 Å². The summed E-state index contributed by atoms with van der Waals surface area (Å²) >= 11 is 0. The predicted octanol–water partition coefficient (Wildman–Crippen LogP) is 5.76. The molecule has 0 saturated heterocycles. The largest absolute Gasteiger partial charge is 0.347 e. The topological polar surface area (TPSA) is 102 Å². The predicted molar refractivity (Wildman–Crippen MR) is 125 cm³/mol. The highest BCUT2D eigenvalue weighted by molar-refractivity contribution is 7.72. The third-order valence-electron chi connectivity index (χ3n) is 4.64. The van der Waals surface area contributed by atoms with Crippen LogP contribution in [-0.2, 0) is 40.2 Å². The van der Waals surface area contributed by atoms with Gasteiger partial charge in [-0.3, -0.25) is 13.8 Å². The summed E-state index contributed by atoms with van der Waals surface area (Å²) in [5.41, 5.74) is 2.81. The van der Waals surface area contributed by atoms with E-state index in [2.05, 4.69) is 29.4 Å². The molecule has 0 aliphatic rings. The number of rotatable bonds is 15. The summed E-state index contributed by atoms with van der Waals surface area (Å²) in [6.07, 6.45) is 3.81. The third-order valence-corrected chi connectivity index (χ3v) is 10.6. The zero-order valence-corrected chi connectivity index (χ0v) is 21.4. The van der Waals surface area contributed by atoms with Gasteiger partial charge in [0.25, 0.3) is 0 Å². The van der Waals surface area contributed by atoms with Crippen LogP contribution in [0.1, 0.15) is 46.6 Å². The Kier molecular flexibility index (Phi) is 10.7. The van der Waals surface area contributed by atoms with E-state index in [1.807, 2.05) is 12.1 Å². The van der Waals surface area contributed by atoms with E-state index < -0.39 is 20.6 Å². The van der Waals surface area contributed by atoms with Gasteiger partial charge in [0.2, 0.25) is 0 Å². The number of hydrogen-bond donors (Lipinski definition) is 0. The molecule has 32 heavy (non-hydrogen) atoms. The van der Waals surface area contributed by atoms with Crippen molar-refractivity contribution in [3.8, 4) is 11.3 Å². The Bertz CT molecular complexity index is 869. The molecule has 0 saturated carbocycles. The second kappa shape index (κ2) is 12.8. The summed E-state index contributed by atoms with van der Waals surface area (Å²) in [5, 5.41) is 7.21. The molecule has 0 radical (unpaired) electrons. The fraction of sp³-hybridized carbons (Fsp3) is 0.619. The van der Waals surface area contributed by atoms with Gasteiger partial charge in [-0.25, -0.2) is 0 Å². The second-order valence-corrected chi connectivity index (χ2v) is 11.9. The third kappa shape index (κ3) is 6.83. The van der Waals surface area contributed by atoms with Crippen molar-refractivity contribution in [1.82, 2.24) is 15.0 Å². The summed E-state index contributed by atoms with van der Waals surface area (Å²) < 4.78 is 50.8.